The SMILES string of the molecule is CCc1cc(OC=O)ccc1-c1cc2[nH]ncc2c(N2CC(Oc3ccccc3)C2)n1. The first-order valence-electron chi connectivity index (χ1n) is 10.3. The molecule has 1 fully saturated rings. The number of hydrogen-bond acceptors (Lipinski definition) is 6. The third-order valence-corrected chi connectivity index (χ3v) is 5.53. The van der Waals surface area contributed by atoms with Crippen LogP contribution in [0.2, 0.25) is 0 Å². The Bertz CT molecular complexity index is 1220. The summed E-state index contributed by atoms with van der Waals surface area (Å²) in [4.78, 5) is 17.9. The van der Waals surface area contributed by atoms with Crippen molar-refractivity contribution in [3.8, 4) is 22.8 Å². The second-order valence-electron chi connectivity index (χ2n) is 7.51. The number of carbonyl (C=O) groups excluding carboxylic acids is 1. The van der Waals surface area contributed by atoms with Gasteiger partial charge in [-0.25, -0.2) is 4.98 Å². The number of aromatic amines is 1. The smallest absolute Gasteiger partial charge is 0.298 e. The van der Waals surface area contributed by atoms with Crippen LogP contribution in [0.15, 0.2) is 60.8 Å². The molecule has 1 aliphatic heterocycles. The van der Waals surface area contributed by atoms with Crippen LogP contribution in [0.5, 0.6) is 11.5 Å². The number of carbonyl (C=O) groups is 1. The molecule has 7 nitrogen and oxygen atoms in total. The number of nitrogens with one attached hydrogen (secondary N) is 1. The van der Waals surface area contributed by atoms with Crippen LogP contribution in [0.4, 0.5) is 5.82 Å². The summed E-state index contributed by atoms with van der Waals surface area (Å²) in [6.07, 6.45) is 2.73. The Balaban J connectivity index is 1.44. The molecule has 3 heterocycles. The van der Waals surface area contributed by atoms with E-state index in [1.807, 2.05) is 54.7 Å². The number of anilines is 1. The zero-order valence-corrected chi connectivity index (χ0v) is 17.1. The Hall–Kier alpha value is -3.87. The molecule has 0 aliphatic carbocycles. The van der Waals surface area contributed by atoms with E-state index >= 15 is 0 Å². The minimum Gasteiger partial charge on any atom is -0.487 e. The third-order valence-electron chi connectivity index (χ3n) is 5.53. The van der Waals surface area contributed by atoms with Gasteiger partial charge in [0.2, 0.25) is 0 Å². The zero-order chi connectivity index (χ0) is 21.2. The molecule has 0 atom stereocenters. The molecule has 156 valence electrons. The van der Waals surface area contributed by atoms with Crippen molar-refractivity contribution in [2.75, 3.05) is 18.0 Å². The Morgan fingerprint density at radius 2 is 1.97 bits per heavy atom. The predicted molar refractivity (Wildman–Crippen MR) is 118 cm³/mol. The van der Waals surface area contributed by atoms with Gasteiger partial charge in [0.05, 0.1) is 35.9 Å². The van der Waals surface area contributed by atoms with Gasteiger partial charge in [0, 0.05) is 5.56 Å². The van der Waals surface area contributed by atoms with E-state index < -0.39 is 0 Å². The molecule has 1 saturated heterocycles. The summed E-state index contributed by atoms with van der Waals surface area (Å²) < 4.78 is 11.1. The van der Waals surface area contributed by atoms with E-state index in [4.69, 9.17) is 14.5 Å². The lowest BCUT2D eigenvalue weighted by Crippen LogP contribution is -2.54. The van der Waals surface area contributed by atoms with Gasteiger partial charge >= 0.3 is 0 Å². The van der Waals surface area contributed by atoms with E-state index in [0.717, 1.165) is 58.8 Å². The van der Waals surface area contributed by atoms with Crippen molar-refractivity contribution in [1.29, 1.82) is 0 Å². The molecule has 2 aromatic heterocycles. The largest absolute Gasteiger partial charge is 0.487 e. The quantitative estimate of drug-likeness (QED) is 0.461. The highest BCUT2D eigenvalue weighted by atomic mass is 16.5. The Kier molecular flexibility index (Phi) is 5.00. The summed E-state index contributed by atoms with van der Waals surface area (Å²) in [6, 6.07) is 17.5. The normalized spacial score (nSPS) is 13.8. The molecular formula is C24H22N4O3. The summed E-state index contributed by atoms with van der Waals surface area (Å²) in [5.41, 5.74) is 3.86. The number of para-hydroxylation sites is 1. The number of aromatic nitrogens is 3. The van der Waals surface area contributed by atoms with Crippen molar-refractivity contribution in [2.45, 2.75) is 19.4 Å². The number of hydrogen-bond donors (Lipinski definition) is 1. The van der Waals surface area contributed by atoms with E-state index in [0.29, 0.717) is 12.2 Å². The van der Waals surface area contributed by atoms with E-state index in [-0.39, 0.29) is 6.10 Å². The highest BCUT2D eigenvalue weighted by Gasteiger charge is 2.31. The van der Waals surface area contributed by atoms with Crippen LogP contribution in [0.3, 0.4) is 0 Å². The monoisotopic (exact) mass is 414 g/mol. The molecule has 4 aromatic rings. The molecule has 0 bridgehead atoms. The Morgan fingerprint density at radius 1 is 1.13 bits per heavy atom. The molecule has 2 aromatic carbocycles. The summed E-state index contributed by atoms with van der Waals surface area (Å²) in [7, 11) is 0. The van der Waals surface area contributed by atoms with Crippen LogP contribution in [0.1, 0.15) is 12.5 Å². The number of aryl methyl sites for hydroxylation is 1. The molecule has 5 rings (SSSR count). The van der Waals surface area contributed by atoms with Gasteiger partial charge < -0.3 is 14.4 Å². The first-order valence-corrected chi connectivity index (χ1v) is 10.3. The summed E-state index contributed by atoms with van der Waals surface area (Å²) in [5.74, 6) is 2.30. The molecule has 0 spiro atoms. The van der Waals surface area contributed by atoms with Crippen LogP contribution in [0.25, 0.3) is 22.2 Å². The highest BCUT2D eigenvalue weighted by Crippen LogP contribution is 2.34. The number of pyridine rings is 1. The van der Waals surface area contributed by atoms with E-state index in [1.165, 1.54) is 0 Å². The molecule has 0 unspecified atom stereocenters. The van der Waals surface area contributed by atoms with E-state index in [1.54, 1.807) is 6.07 Å². The molecule has 0 radical (unpaired) electrons. The Labute approximate surface area is 179 Å². The van der Waals surface area contributed by atoms with Crippen LogP contribution >= 0.6 is 0 Å². The molecule has 0 saturated carbocycles. The lowest BCUT2D eigenvalue weighted by atomic mass is 10.0. The molecular weight excluding hydrogens is 392 g/mol. The number of benzene rings is 2. The van der Waals surface area contributed by atoms with Gasteiger partial charge in [-0.15, -0.1) is 0 Å². The minimum absolute atomic E-state index is 0.126. The van der Waals surface area contributed by atoms with Crippen molar-refractivity contribution < 1.29 is 14.3 Å². The fourth-order valence-corrected chi connectivity index (χ4v) is 3.93. The van der Waals surface area contributed by atoms with Crippen molar-refractivity contribution in [3.05, 3.63) is 66.4 Å². The maximum atomic E-state index is 10.7. The predicted octanol–water partition coefficient (Wildman–Crippen LogP) is 3.99. The van der Waals surface area contributed by atoms with Crippen molar-refractivity contribution in [1.82, 2.24) is 15.2 Å². The molecule has 1 aliphatic rings. The first kappa shape index (κ1) is 19.1. The summed E-state index contributed by atoms with van der Waals surface area (Å²) in [5, 5.41) is 8.28. The van der Waals surface area contributed by atoms with E-state index in [2.05, 4.69) is 22.0 Å². The third kappa shape index (κ3) is 3.70. The van der Waals surface area contributed by atoms with Crippen LogP contribution in [-0.2, 0) is 11.2 Å². The summed E-state index contributed by atoms with van der Waals surface area (Å²) in [6.45, 7) is 4.04. The van der Waals surface area contributed by atoms with Crippen molar-refractivity contribution in [2.24, 2.45) is 0 Å². The molecule has 1 N–H and O–H groups in total. The van der Waals surface area contributed by atoms with Crippen LogP contribution < -0.4 is 14.4 Å². The van der Waals surface area contributed by atoms with Gasteiger partial charge in [-0.3, -0.25) is 9.89 Å². The van der Waals surface area contributed by atoms with Crippen molar-refractivity contribution in [3.63, 3.8) is 0 Å². The van der Waals surface area contributed by atoms with Crippen molar-refractivity contribution >= 4 is 23.2 Å². The highest BCUT2D eigenvalue weighted by molar-refractivity contribution is 5.92. The van der Waals surface area contributed by atoms with Gasteiger partial charge in [-0.2, -0.15) is 5.10 Å². The van der Waals surface area contributed by atoms with Gasteiger partial charge in [0.1, 0.15) is 23.4 Å². The fourth-order valence-electron chi connectivity index (χ4n) is 3.93. The molecule has 31 heavy (non-hydrogen) atoms. The number of rotatable bonds is 7. The molecule has 7 heteroatoms. The zero-order valence-electron chi connectivity index (χ0n) is 17.1. The van der Waals surface area contributed by atoms with Gasteiger partial charge in [-0.1, -0.05) is 25.1 Å². The minimum atomic E-state index is 0.126. The maximum absolute atomic E-state index is 10.7. The van der Waals surface area contributed by atoms with Gasteiger partial charge in [0.25, 0.3) is 6.47 Å². The number of nitrogens with zero attached hydrogens (tertiary/aromatic N) is 3. The maximum Gasteiger partial charge on any atom is 0.298 e. The molecule has 0 amide bonds. The summed E-state index contributed by atoms with van der Waals surface area (Å²) >= 11 is 0. The van der Waals surface area contributed by atoms with Crippen LogP contribution in [-0.4, -0.2) is 40.8 Å². The van der Waals surface area contributed by atoms with Crippen LogP contribution in [0, 0.1) is 0 Å². The van der Waals surface area contributed by atoms with Gasteiger partial charge in [-0.05, 0) is 48.4 Å². The lowest BCUT2D eigenvalue weighted by Gasteiger charge is -2.40. The second-order valence-corrected chi connectivity index (χ2v) is 7.51. The fraction of sp³-hybridized carbons (Fsp3) is 0.208. The lowest BCUT2D eigenvalue weighted by molar-refractivity contribution is -0.120. The number of fused-ring (bicyclic) bond motifs is 1. The number of H-pyrrole nitrogens is 1. The average Bonchev–Trinajstić information content (AvgIpc) is 3.25. The van der Waals surface area contributed by atoms with E-state index in [9.17, 15) is 4.79 Å². The second kappa shape index (κ2) is 8.10. The Morgan fingerprint density at radius 3 is 2.74 bits per heavy atom. The topological polar surface area (TPSA) is 80.3 Å². The average molecular weight is 414 g/mol. The van der Waals surface area contributed by atoms with Gasteiger partial charge in [0.15, 0.2) is 0 Å². The first-order chi connectivity index (χ1) is 15.2. The standard InChI is InChI=1S/C24H22N4O3/c1-2-16-10-18(30-15-29)8-9-20(16)22-11-23-21(12-25-27-23)24(26-22)28-13-19(14-28)31-17-6-4-3-5-7-17/h3-12,15,19H,2,13-14H2,1H3,(H,25,27). The number of ether oxygens (including phenoxy) is 2.